The second-order valence-corrected chi connectivity index (χ2v) is 6.53. The first-order chi connectivity index (χ1) is 10.3. The normalized spacial score (nSPS) is 17.2. The van der Waals surface area contributed by atoms with E-state index in [1.807, 2.05) is 0 Å². The molecule has 0 atom stereocenters. The Morgan fingerprint density at radius 3 is 2.52 bits per heavy atom. The summed E-state index contributed by atoms with van der Waals surface area (Å²) in [4.78, 5) is 9.86. The molecule has 3 nitrogen and oxygen atoms in total. The average molecular weight is 301 g/mol. The van der Waals surface area contributed by atoms with Crippen LogP contribution in [0.2, 0.25) is 0 Å². The van der Waals surface area contributed by atoms with Gasteiger partial charge < -0.3 is 4.90 Å². The number of thiazole rings is 1. The van der Waals surface area contributed by atoms with Gasteiger partial charge in [-0.05, 0) is 19.0 Å². The van der Waals surface area contributed by atoms with Crippen LogP contribution in [0.4, 0.5) is 0 Å². The van der Waals surface area contributed by atoms with Crippen LogP contribution < -0.4 is 0 Å². The molecule has 112 valence electrons. The summed E-state index contributed by atoms with van der Waals surface area (Å²) in [5.74, 6) is 0. The van der Waals surface area contributed by atoms with Crippen molar-refractivity contribution in [3.8, 4) is 10.6 Å². The number of benzene rings is 1. The molecular formula is C17H23N3S. The van der Waals surface area contributed by atoms with Gasteiger partial charge in [0.25, 0.3) is 0 Å². The van der Waals surface area contributed by atoms with Crippen molar-refractivity contribution in [3.63, 3.8) is 0 Å². The van der Waals surface area contributed by atoms with Crippen LogP contribution in [0.1, 0.15) is 18.2 Å². The number of hydrogen-bond donors (Lipinski definition) is 0. The van der Waals surface area contributed by atoms with Gasteiger partial charge in [0.15, 0.2) is 0 Å². The topological polar surface area (TPSA) is 19.4 Å². The fourth-order valence-corrected chi connectivity index (χ4v) is 3.71. The lowest BCUT2D eigenvalue weighted by Crippen LogP contribution is -2.45. The number of hydrogen-bond acceptors (Lipinski definition) is 4. The predicted octanol–water partition coefficient (Wildman–Crippen LogP) is 3.26. The molecule has 0 spiro atoms. The minimum Gasteiger partial charge on any atom is -0.301 e. The molecule has 0 bridgehead atoms. The number of aromatic nitrogens is 1. The van der Waals surface area contributed by atoms with Crippen molar-refractivity contribution >= 4 is 11.3 Å². The largest absolute Gasteiger partial charge is 0.301 e. The monoisotopic (exact) mass is 301 g/mol. The number of nitrogens with zero attached hydrogens (tertiary/aromatic N) is 3. The molecule has 0 unspecified atom stereocenters. The van der Waals surface area contributed by atoms with Gasteiger partial charge in [0.2, 0.25) is 0 Å². The number of rotatable bonds is 4. The lowest BCUT2D eigenvalue weighted by Gasteiger charge is -2.33. The third kappa shape index (κ3) is 3.51. The second-order valence-electron chi connectivity index (χ2n) is 5.67. The summed E-state index contributed by atoms with van der Waals surface area (Å²) >= 11 is 1.76. The maximum absolute atomic E-state index is 4.84. The van der Waals surface area contributed by atoms with E-state index in [1.165, 1.54) is 36.5 Å². The zero-order valence-corrected chi connectivity index (χ0v) is 13.7. The average Bonchev–Trinajstić information content (AvgIpc) is 2.97. The molecule has 2 heterocycles. The van der Waals surface area contributed by atoms with Gasteiger partial charge in [0.05, 0.1) is 5.69 Å². The van der Waals surface area contributed by atoms with Crippen molar-refractivity contribution in [2.45, 2.75) is 20.4 Å². The molecule has 0 saturated carbocycles. The van der Waals surface area contributed by atoms with Crippen molar-refractivity contribution in [1.29, 1.82) is 0 Å². The second kappa shape index (κ2) is 6.69. The van der Waals surface area contributed by atoms with Crippen molar-refractivity contribution < 1.29 is 0 Å². The summed E-state index contributed by atoms with van der Waals surface area (Å²) in [5, 5.41) is 3.36. The molecule has 1 saturated heterocycles. The maximum Gasteiger partial charge on any atom is 0.123 e. The first-order valence-corrected chi connectivity index (χ1v) is 8.59. The summed E-state index contributed by atoms with van der Waals surface area (Å²) in [5.41, 5.74) is 3.78. The van der Waals surface area contributed by atoms with E-state index in [2.05, 4.69) is 53.3 Å². The molecule has 0 amide bonds. The summed E-state index contributed by atoms with van der Waals surface area (Å²) in [6.07, 6.45) is 0. The van der Waals surface area contributed by atoms with Crippen LogP contribution in [0.5, 0.6) is 0 Å². The number of likely N-dealkylation sites (N-methyl/N-ethyl adjacent to an activating group) is 1. The molecule has 1 aromatic carbocycles. The van der Waals surface area contributed by atoms with E-state index < -0.39 is 0 Å². The smallest absolute Gasteiger partial charge is 0.123 e. The van der Waals surface area contributed by atoms with E-state index in [0.29, 0.717) is 0 Å². The zero-order chi connectivity index (χ0) is 14.7. The Hall–Kier alpha value is -1.23. The molecular weight excluding hydrogens is 278 g/mol. The Morgan fingerprint density at radius 1 is 1.10 bits per heavy atom. The molecule has 3 rings (SSSR count). The quantitative estimate of drug-likeness (QED) is 0.864. The standard InChI is InChI=1S/C17H23N3S/c1-3-19-8-10-20(11-9-19)12-15-13-21-17(18-15)16-7-5-4-6-14(16)2/h4-7,13H,3,8-12H2,1-2H3. The van der Waals surface area contributed by atoms with Crippen LogP contribution in [-0.2, 0) is 6.54 Å². The highest BCUT2D eigenvalue weighted by atomic mass is 32.1. The zero-order valence-electron chi connectivity index (χ0n) is 12.9. The molecule has 21 heavy (non-hydrogen) atoms. The number of piperazine rings is 1. The number of aryl methyl sites for hydroxylation is 1. The Labute approximate surface area is 131 Å². The Kier molecular flexibility index (Phi) is 4.68. The van der Waals surface area contributed by atoms with Crippen LogP contribution in [-0.4, -0.2) is 47.5 Å². The van der Waals surface area contributed by atoms with Crippen molar-refractivity contribution in [2.75, 3.05) is 32.7 Å². The lowest BCUT2D eigenvalue weighted by atomic mass is 10.1. The van der Waals surface area contributed by atoms with E-state index in [0.717, 1.165) is 24.6 Å². The molecule has 1 fully saturated rings. The molecule has 1 aliphatic heterocycles. The highest BCUT2D eigenvalue weighted by Gasteiger charge is 2.16. The van der Waals surface area contributed by atoms with Crippen LogP contribution >= 0.6 is 11.3 Å². The highest BCUT2D eigenvalue weighted by molar-refractivity contribution is 7.13. The molecule has 4 heteroatoms. The van der Waals surface area contributed by atoms with Crippen molar-refractivity contribution in [3.05, 3.63) is 40.9 Å². The maximum atomic E-state index is 4.84. The van der Waals surface area contributed by atoms with E-state index >= 15 is 0 Å². The van der Waals surface area contributed by atoms with Gasteiger partial charge in [0.1, 0.15) is 5.01 Å². The van der Waals surface area contributed by atoms with E-state index in [9.17, 15) is 0 Å². The third-order valence-electron chi connectivity index (χ3n) is 4.22. The SMILES string of the molecule is CCN1CCN(Cc2csc(-c3ccccc3C)n2)CC1. The fraction of sp³-hybridized carbons (Fsp3) is 0.471. The fourth-order valence-electron chi connectivity index (χ4n) is 2.81. The molecule has 0 N–H and O–H groups in total. The first-order valence-electron chi connectivity index (χ1n) is 7.71. The summed E-state index contributed by atoms with van der Waals surface area (Å²) in [6.45, 7) is 11.2. The molecule has 0 aliphatic carbocycles. The van der Waals surface area contributed by atoms with Crippen molar-refractivity contribution in [1.82, 2.24) is 14.8 Å². The van der Waals surface area contributed by atoms with E-state index in [4.69, 9.17) is 4.98 Å². The molecule has 0 radical (unpaired) electrons. The molecule has 1 aliphatic rings. The molecule has 1 aromatic heterocycles. The minimum atomic E-state index is 0.986. The van der Waals surface area contributed by atoms with Crippen LogP contribution in [0.25, 0.3) is 10.6 Å². The summed E-state index contributed by atoms with van der Waals surface area (Å²) < 4.78 is 0. The van der Waals surface area contributed by atoms with Crippen molar-refractivity contribution in [2.24, 2.45) is 0 Å². The van der Waals surface area contributed by atoms with E-state index in [1.54, 1.807) is 11.3 Å². The Bertz CT molecular complexity index is 585. The van der Waals surface area contributed by atoms with Crippen LogP contribution in [0.15, 0.2) is 29.6 Å². The van der Waals surface area contributed by atoms with Gasteiger partial charge in [-0.25, -0.2) is 4.98 Å². The van der Waals surface area contributed by atoms with Gasteiger partial charge in [-0.15, -0.1) is 11.3 Å². The lowest BCUT2D eigenvalue weighted by molar-refractivity contribution is 0.131. The first kappa shape index (κ1) is 14.7. The highest BCUT2D eigenvalue weighted by Crippen LogP contribution is 2.27. The Balaban J connectivity index is 1.65. The predicted molar refractivity (Wildman–Crippen MR) is 89.7 cm³/mol. The van der Waals surface area contributed by atoms with Gasteiger partial charge >= 0.3 is 0 Å². The van der Waals surface area contributed by atoms with Crippen LogP contribution in [0, 0.1) is 6.92 Å². The summed E-state index contributed by atoms with van der Waals surface area (Å²) in [6, 6.07) is 8.49. The third-order valence-corrected chi connectivity index (χ3v) is 5.15. The summed E-state index contributed by atoms with van der Waals surface area (Å²) in [7, 11) is 0. The Morgan fingerprint density at radius 2 is 1.81 bits per heavy atom. The van der Waals surface area contributed by atoms with Gasteiger partial charge in [-0.2, -0.15) is 0 Å². The van der Waals surface area contributed by atoms with Gasteiger partial charge in [0, 0.05) is 43.7 Å². The van der Waals surface area contributed by atoms with Gasteiger partial charge in [-0.3, -0.25) is 4.90 Å². The minimum absolute atomic E-state index is 0.986. The molecule has 2 aromatic rings. The van der Waals surface area contributed by atoms with E-state index in [-0.39, 0.29) is 0 Å². The van der Waals surface area contributed by atoms with Gasteiger partial charge in [-0.1, -0.05) is 31.2 Å². The van der Waals surface area contributed by atoms with Crippen LogP contribution in [0.3, 0.4) is 0 Å².